The van der Waals surface area contributed by atoms with Gasteiger partial charge in [-0.3, -0.25) is 4.79 Å². The lowest BCUT2D eigenvalue weighted by Gasteiger charge is -2.14. The van der Waals surface area contributed by atoms with Crippen LogP contribution in [0.5, 0.6) is 5.75 Å². The zero-order chi connectivity index (χ0) is 19.1. The smallest absolute Gasteiger partial charge is 0.344 e. The first kappa shape index (κ1) is 19.7. The number of carbonyl (C=O) groups is 2. The van der Waals surface area contributed by atoms with E-state index in [1.807, 2.05) is 19.1 Å². The average molecular weight is 380 g/mol. The summed E-state index contributed by atoms with van der Waals surface area (Å²) >= 11 is 5.84. The minimum absolute atomic E-state index is 0.0516. The van der Waals surface area contributed by atoms with E-state index in [0.717, 1.165) is 24.1 Å². The van der Waals surface area contributed by atoms with Gasteiger partial charge in [-0.15, -0.1) is 0 Å². The zero-order valence-corrected chi connectivity index (χ0v) is 15.2. The van der Waals surface area contributed by atoms with Crippen LogP contribution in [0.3, 0.4) is 0 Å². The van der Waals surface area contributed by atoms with Gasteiger partial charge in [0.05, 0.1) is 10.7 Å². The maximum Gasteiger partial charge on any atom is 0.344 e. The van der Waals surface area contributed by atoms with Crippen LogP contribution in [0.4, 0.5) is 10.1 Å². The highest BCUT2D eigenvalue weighted by atomic mass is 35.5. The molecule has 0 radical (unpaired) electrons. The minimum Gasteiger partial charge on any atom is -0.482 e. The Morgan fingerprint density at radius 2 is 1.88 bits per heavy atom. The number of hydrogen-bond donors (Lipinski definition) is 1. The highest BCUT2D eigenvalue weighted by molar-refractivity contribution is 6.33. The van der Waals surface area contributed by atoms with Crippen molar-refractivity contribution in [3.05, 3.63) is 58.9 Å². The molecule has 0 fully saturated rings. The van der Waals surface area contributed by atoms with Gasteiger partial charge in [-0.1, -0.05) is 30.7 Å². The predicted molar refractivity (Wildman–Crippen MR) is 96.9 cm³/mol. The van der Waals surface area contributed by atoms with Crippen LogP contribution in [0, 0.1) is 5.82 Å². The van der Waals surface area contributed by atoms with Crippen LogP contribution in [0.15, 0.2) is 42.5 Å². The summed E-state index contributed by atoms with van der Waals surface area (Å²) in [5.41, 5.74) is 1.39. The van der Waals surface area contributed by atoms with E-state index in [9.17, 15) is 14.0 Å². The van der Waals surface area contributed by atoms with Gasteiger partial charge in [-0.25, -0.2) is 9.18 Å². The second-order valence-corrected chi connectivity index (χ2v) is 5.94. The molecule has 2 aromatic rings. The van der Waals surface area contributed by atoms with Crippen molar-refractivity contribution in [2.24, 2.45) is 0 Å². The third-order valence-electron chi connectivity index (χ3n) is 3.55. The third-order valence-corrected chi connectivity index (χ3v) is 3.87. The second-order valence-electron chi connectivity index (χ2n) is 5.53. The van der Waals surface area contributed by atoms with E-state index in [1.165, 1.54) is 13.0 Å². The molecule has 0 unspecified atom stereocenters. The molecule has 0 aromatic heterocycles. The number of esters is 1. The molecule has 1 N–H and O–H groups in total. The molecule has 0 saturated carbocycles. The lowest BCUT2D eigenvalue weighted by Crippen LogP contribution is -2.31. The summed E-state index contributed by atoms with van der Waals surface area (Å²) in [7, 11) is 0. The van der Waals surface area contributed by atoms with Gasteiger partial charge in [0, 0.05) is 0 Å². The van der Waals surface area contributed by atoms with Gasteiger partial charge < -0.3 is 14.8 Å². The van der Waals surface area contributed by atoms with Crippen LogP contribution in [-0.2, 0) is 20.7 Å². The van der Waals surface area contributed by atoms with Crippen LogP contribution < -0.4 is 10.1 Å². The molecule has 2 rings (SSSR count). The van der Waals surface area contributed by atoms with Gasteiger partial charge in [-0.05, 0) is 49.2 Å². The Morgan fingerprint density at radius 1 is 1.19 bits per heavy atom. The summed E-state index contributed by atoms with van der Waals surface area (Å²) in [4.78, 5) is 23.9. The largest absolute Gasteiger partial charge is 0.482 e. The number of carbonyl (C=O) groups excluding carboxylic acids is 2. The maximum atomic E-state index is 13.0. The first-order valence-corrected chi connectivity index (χ1v) is 8.44. The number of aryl methyl sites for hydroxylation is 1. The van der Waals surface area contributed by atoms with E-state index in [4.69, 9.17) is 21.1 Å². The van der Waals surface area contributed by atoms with Gasteiger partial charge in [-0.2, -0.15) is 0 Å². The van der Waals surface area contributed by atoms with Crippen LogP contribution in [0.2, 0.25) is 5.02 Å². The molecule has 0 aliphatic heterocycles. The molecule has 0 bridgehead atoms. The number of anilines is 1. The molecule has 7 heteroatoms. The summed E-state index contributed by atoms with van der Waals surface area (Å²) < 4.78 is 23.4. The van der Waals surface area contributed by atoms with E-state index >= 15 is 0 Å². The first-order valence-electron chi connectivity index (χ1n) is 8.06. The fourth-order valence-electron chi connectivity index (χ4n) is 2.07. The Kier molecular flexibility index (Phi) is 6.97. The van der Waals surface area contributed by atoms with Crippen molar-refractivity contribution in [3.8, 4) is 5.75 Å². The molecule has 26 heavy (non-hydrogen) atoms. The van der Waals surface area contributed by atoms with Crippen LogP contribution in [-0.4, -0.2) is 24.6 Å². The molecule has 138 valence electrons. The van der Waals surface area contributed by atoms with Crippen LogP contribution >= 0.6 is 11.6 Å². The number of hydrogen-bond acceptors (Lipinski definition) is 4. The first-order chi connectivity index (χ1) is 12.4. The van der Waals surface area contributed by atoms with Crippen molar-refractivity contribution in [3.63, 3.8) is 0 Å². The number of ether oxygens (including phenoxy) is 2. The third kappa shape index (κ3) is 5.74. The number of rotatable bonds is 7. The quantitative estimate of drug-likeness (QED) is 0.739. The fourth-order valence-corrected chi connectivity index (χ4v) is 2.29. The van der Waals surface area contributed by atoms with E-state index in [1.54, 1.807) is 12.1 Å². The highest BCUT2D eigenvalue weighted by Gasteiger charge is 2.19. The molecule has 5 nitrogen and oxygen atoms in total. The Hall–Kier alpha value is -2.60. The molecule has 0 saturated heterocycles. The lowest BCUT2D eigenvalue weighted by molar-refractivity contribution is -0.155. The number of nitrogens with one attached hydrogen (secondary N) is 1. The predicted octanol–water partition coefficient (Wildman–Crippen LogP) is 3.99. The normalized spacial score (nSPS) is 11.5. The molecular formula is C19H19ClFNO4. The molecule has 0 heterocycles. The van der Waals surface area contributed by atoms with Crippen molar-refractivity contribution in [2.75, 3.05) is 11.9 Å². The van der Waals surface area contributed by atoms with Crippen LogP contribution in [0.25, 0.3) is 0 Å². The maximum absolute atomic E-state index is 13.0. The molecule has 0 spiro atoms. The summed E-state index contributed by atoms with van der Waals surface area (Å²) in [5, 5.41) is 2.53. The minimum atomic E-state index is -1.06. The molecule has 1 atom stereocenters. The summed E-state index contributed by atoms with van der Waals surface area (Å²) in [5.74, 6) is -1.25. The van der Waals surface area contributed by atoms with Crippen molar-refractivity contribution in [1.82, 2.24) is 0 Å². The average Bonchev–Trinajstić information content (AvgIpc) is 2.62. The lowest BCUT2D eigenvalue weighted by atomic mass is 10.2. The standard InChI is InChI=1S/C19H19ClFNO4/c1-3-13-4-7-15(8-5-13)25-11-18(23)26-12(2)19(24)22-17-9-6-14(21)10-16(17)20/h4-10,12H,3,11H2,1-2H3,(H,22,24)/t12-/m0/s1. The van der Waals surface area contributed by atoms with E-state index < -0.39 is 23.8 Å². The Labute approximate surface area is 156 Å². The molecule has 0 aliphatic rings. The summed E-state index contributed by atoms with van der Waals surface area (Å²) in [6, 6.07) is 10.9. The van der Waals surface area contributed by atoms with Gasteiger partial charge in [0.25, 0.3) is 5.91 Å². The van der Waals surface area contributed by atoms with Crippen molar-refractivity contribution in [1.29, 1.82) is 0 Å². The van der Waals surface area contributed by atoms with Crippen molar-refractivity contribution < 1.29 is 23.5 Å². The van der Waals surface area contributed by atoms with Gasteiger partial charge in [0.2, 0.25) is 0 Å². The van der Waals surface area contributed by atoms with E-state index in [2.05, 4.69) is 5.32 Å². The number of benzene rings is 2. The summed E-state index contributed by atoms with van der Waals surface area (Å²) in [6.45, 7) is 3.14. The van der Waals surface area contributed by atoms with E-state index in [0.29, 0.717) is 5.75 Å². The van der Waals surface area contributed by atoms with Gasteiger partial charge >= 0.3 is 5.97 Å². The van der Waals surface area contributed by atoms with Crippen molar-refractivity contribution in [2.45, 2.75) is 26.4 Å². The van der Waals surface area contributed by atoms with E-state index in [-0.39, 0.29) is 17.3 Å². The second kappa shape index (κ2) is 9.20. The Morgan fingerprint density at radius 3 is 2.50 bits per heavy atom. The number of halogens is 2. The SMILES string of the molecule is CCc1ccc(OCC(=O)O[C@@H](C)C(=O)Nc2ccc(F)cc2Cl)cc1. The van der Waals surface area contributed by atoms with Crippen LogP contribution in [0.1, 0.15) is 19.4 Å². The monoisotopic (exact) mass is 379 g/mol. The highest BCUT2D eigenvalue weighted by Crippen LogP contribution is 2.22. The molecular weight excluding hydrogens is 361 g/mol. The summed E-state index contributed by atoms with van der Waals surface area (Å²) in [6.07, 6.45) is -0.151. The zero-order valence-electron chi connectivity index (χ0n) is 14.4. The van der Waals surface area contributed by atoms with Gasteiger partial charge in [0.15, 0.2) is 12.7 Å². The Bertz CT molecular complexity index is 780. The van der Waals surface area contributed by atoms with Gasteiger partial charge in [0.1, 0.15) is 11.6 Å². The molecule has 1 amide bonds. The topological polar surface area (TPSA) is 64.6 Å². The number of amides is 1. The molecule has 2 aromatic carbocycles. The Balaban J connectivity index is 1.82. The molecule has 0 aliphatic carbocycles. The van der Waals surface area contributed by atoms with Crippen molar-refractivity contribution >= 4 is 29.2 Å². The fraction of sp³-hybridized carbons (Fsp3) is 0.263.